The third-order valence-corrected chi connectivity index (χ3v) is 7.47. The predicted octanol–water partition coefficient (Wildman–Crippen LogP) is 4.33. The summed E-state index contributed by atoms with van der Waals surface area (Å²) in [5.74, 6) is -0.462. The van der Waals surface area contributed by atoms with E-state index in [0.29, 0.717) is 22.8 Å². The Bertz CT molecular complexity index is 1270. The van der Waals surface area contributed by atoms with E-state index in [4.69, 9.17) is 11.6 Å². The van der Waals surface area contributed by atoms with Crippen molar-refractivity contribution in [3.05, 3.63) is 88.9 Å². The van der Waals surface area contributed by atoms with Gasteiger partial charge in [-0.2, -0.15) is 0 Å². The van der Waals surface area contributed by atoms with Crippen molar-refractivity contribution < 1.29 is 18.0 Å². The Morgan fingerprint density at radius 3 is 2.28 bits per heavy atom. The van der Waals surface area contributed by atoms with Crippen LogP contribution in [0, 0.1) is 0 Å². The van der Waals surface area contributed by atoms with Crippen LogP contribution in [0.3, 0.4) is 0 Å². The highest BCUT2D eigenvalue weighted by Gasteiger charge is 2.31. The van der Waals surface area contributed by atoms with Crippen molar-refractivity contribution in [2.45, 2.75) is 18.2 Å². The van der Waals surface area contributed by atoms with Gasteiger partial charge in [-0.05, 0) is 73.5 Å². The lowest BCUT2D eigenvalue weighted by Crippen LogP contribution is -2.42. The predicted molar refractivity (Wildman–Crippen MR) is 125 cm³/mol. The van der Waals surface area contributed by atoms with Gasteiger partial charge in [0, 0.05) is 22.8 Å². The second-order valence-electron chi connectivity index (χ2n) is 7.49. The molecule has 0 bridgehead atoms. The van der Waals surface area contributed by atoms with Crippen LogP contribution in [0.2, 0.25) is 5.02 Å². The van der Waals surface area contributed by atoms with Crippen molar-refractivity contribution in [3.63, 3.8) is 0 Å². The Labute approximate surface area is 192 Å². The van der Waals surface area contributed by atoms with E-state index in [2.05, 4.69) is 0 Å². The monoisotopic (exact) mass is 468 g/mol. The van der Waals surface area contributed by atoms with Crippen molar-refractivity contribution >= 4 is 44.7 Å². The molecule has 0 saturated heterocycles. The van der Waals surface area contributed by atoms with Gasteiger partial charge in [0.1, 0.15) is 6.54 Å². The zero-order valence-electron chi connectivity index (χ0n) is 17.4. The molecule has 4 rings (SSSR count). The number of nitrogens with zero attached hydrogens (tertiary/aromatic N) is 2. The van der Waals surface area contributed by atoms with E-state index in [1.54, 1.807) is 17.0 Å². The maximum atomic E-state index is 13.5. The van der Waals surface area contributed by atoms with Gasteiger partial charge in [-0.3, -0.25) is 13.9 Å². The number of anilines is 2. The molecule has 1 aliphatic rings. The number of rotatable bonds is 6. The number of para-hydroxylation sites is 1. The summed E-state index contributed by atoms with van der Waals surface area (Å²) in [4.78, 5) is 26.5. The topological polar surface area (TPSA) is 74.8 Å². The number of fused-ring (bicyclic) bond motifs is 1. The quantitative estimate of drug-likeness (QED) is 0.505. The molecule has 164 valence electrons. The van der Waals surface area contributed by atoms with E-state index in [-0.39, 0.29) is 23.1 Å². The fourth-order valence-corrected chi connectivity index (χ4v) is 5.26. The molecule has 32 heavy (non-hydrogen) atoms. The maximum Gasteiger partial charge on any atom is 0.264 e. The van der Waals surface area contributed by atoms with Crippen LogP contribution >= 0.6 is 11.6 Å². The number of hydrogen-bond acceptors (Lipinski definition) is 4. The Hall–Kier alpha value is -3.16. The summed E-state index contributed by atoms with van der Waals surface area (Å²) in [5.41, 5.74) is 2.61. The van der Waals surface area contributed by atoms with Gasteiger partial charge < -0.3 is 4.90 Å². The van der Waals surface area contributed by atoms with Gasteiger partial charge in [0.15, 0.2) is 5.78 Å². The minimum atomic E-state index is -4.06. The van der Waals surface area contributed by atoms with Crippen molar-refractivity contribution in [2.75, 3.05) is 22.3 Å². The van der Waals surface area contributed by atoms with Gasteiger partial charge >= 0.3 is 0 Å². The number of halogens is 1. The Balaban J connectivity index is 1.71. The molecule has 3 aromatic rings. The lowest BCUT2D eigenvalue weighted by molar-refractivity contribution is -0.117. The molecule has 0 N–H and O–H groups in total. The zero-order valence-corrected chi connectivity index (χ0v) is 18.9. The molecule has 0 radical (unpaired) electrons. The molecule has 0 unspecified atom stereocenters. The SMILES string of the molecule is CC(=O)c1ccc(N(CC(=O)N2CCc3ccccc32)S(=O)(=O)c2ccc(Cl)cc2)cc1. The van der Waals surface area contributed by atoms with Crippen molar-refractivity contribution in [2.24, 2.45) is 0 Å². The first-order valence-electron chi connectivity index (χ1n) is 10.0. The van der Waals surface area contributed by atoms with Gasteiger partial charge in [-0.15, -0.1) is 0 Å². The summed E-state index contributed by atoms with van der Waals surface area (Å²) >= 11 is 5.92. The van der Waals surface area contributed by atoms with Crippen molar-refractivity contribution in [3.8, 4) is 0 Å². The van der Waals surface area contributed by atoms with Gasteiger partial charge in [0.2, 0.25) is 5.91 Å². The summed E-state index contributed by atoms with van der Waals surface area (Å²) in [5, 5.41) is 0.408. The van der Waals surface area contributed by atoms with Crippen LogP contribution in [0.1, 0.15) is 22.8 Å². The number of benzene rings is 3. The van der Waals surface area contributed by atoms with Crippen LogP contribution in [0.5, 0.6) is 0 Å². The molecule has 3 aromatic carbocycles. The number of ketones is 1. The molecule has 1 aliphatic heterocycles. The second-order valence-corrected chi connectivity index (χ2v) is 9.79. The summed E-state index contributed by atoms with van der Waals surface area (Å²) in [7, 11) is -4.06. The van der Waals surface area contributed by atoms with Crippen LogP contribution in [-0.2, 0) is 21.2 Å². The first kappa shape index (κ1) is 22.0. The standard InChI is InChI=1S/C24H21ClN2O4S/c1-17(28)18-6-10-21(11-7-18)27(32(30,31)22-12-8-20(25)9-13-22)16-24(29)26-15-14-19-4-2-3-5-23(19)26/h2-13H,14-16H2,1H3. The first-order valence-corrected chi connectivity index (χ1v) is 11.9. The molecular weight excluding hydrogens is 448 g/mol. The van der Waals surface area contributed by atoms with Crippen LogP contribution in [0.4, 0.5) is 11.4 Å². The van der Waals surface area contributed by atoms with E-state index in [1.807, 2.05) is 24.3 Å². The van der Waals surface area contributed by atoms with E-state index < -0.39 is 10.0 Å². The van der Waals surface area contributed by atoms with E-state index in [0.717, 1.165) is 22.0 Å². The van der Waals surface area contributed by atoms with Crippen LogP contribution < -0.4 is 9.21 Å². The molecule has 6 nitrogen and oxygen atoms in total. The van der Waals surface area contributed by atoms with Crippen LogP contribution in [-0.4, -0.2) is 33.2 Å². The molecule has 0 aliphatic carbocycles. The number of carbonyl (C=O) groups is 2. The van der Waals surface area contributed by atoms with E-state index >= 15 is 0 Å². The van der Waals surface area contributed by atoms with Gasteiger partial charge in [-0.1, -0.05) is 29.8 Å². The van der Waals surface area contributed by atoms with Crippen molar-refractivity contribution in [1.29, 1.82) is 0 Å². The van der Waals surface area contributed by atoms with Crippen LogP contribution in [0.15, 0.2) is 77.7 Å². The first-order chi connectivity index (χ1) is 15.3. The Morgan fingerprint density at radius 2 is 1.62 bits per heavy atom. The molecule has 1 amide bonds. The molecule has 0 fully saturated rings. The van der Waals surface area contributed by atoms with Gasteiger partial charge in [-0.25, -0.2) is 8.42 Å². The number of sulfonamides is 1. The molecule has 8 heteroatoms. The smallest absolute Gasteiger partial charge is 0.264 e. The second kappa shape index (κ2) is 8.76. The average molecular weight is 469 g/mol. The van der Waals surface area contributed by atoms with E-state index in [1.165, 1.54) is 43.3 Å². The fourth-order valence-electron chi connectivity index (χ4n) is 3.72. The number of carbonyl (C=O) groups excluding carboxylic acids is 2. The van der Waals surface area contributed by atoms with E-state index in [9.17, 15) is 18.0 Å². The molecule has 0 spiro atoms. The summed E-state index contributed by atoms with van der Waals surface area (Å²) in [6.45, 7) is 1.56. The third-order valence-electron chi connectivity index (χ3n) is 5.43. The lowest BCUT2D eigenvalue weighted by atomic mass is 10.1. The Kier molecular flexibility index (Phi) is 6.04. The molecular formula is C24H21ClN2O4S. The number of hydrogen-bond donors (Lipinski definition) is 0. The normalized spacial score (nSPS) is 13.0. The minimum absolute atomic E-state index is 0.0205. The largest absolute Gasteiger partial charge is 0.310 e. The number of amides is 1. The highest BCUT2D eigenvalue weighted by Crippen LogP contribution is 2.30. The fraction of sp³-hybridized carbons (Fsp3) is 0.167. The Morgan fingerprint density at radius 1 is 0.969 bits per heavy atom. The summed E-state index contributed by atoms with van der Waals surface area (Å²) in [6.07, 6.45) is 0.721. The molecule has 1 heterocycles. The summed E-state index contributed by atoms with van der Waals surface area (Å²) in [6, 6.07) is 19.6. The third kappa shape index (κ3) is 4.26. The van der Waals surface area contributed by atoms with Crippen molar-refractivity contribution in [1.82, 2.24) is 0 Å². The summed E-state index contributed by atoms with van der Waals surface area (Å²) < 4.78 is 28.1. The van der Waals surface area contributed by atoms with Gasteiger partial charge in [0.05, 0.1) is 10.6 Å². The highest BCUT2D eigenvalue weighted by molar-refractivity contribution is 7.92. The van der Waals surface area contributed by atoms with Gasteiger partial charge in [0.25, 0.3) is 10.0 Å². The van der Waals surface area contributed by atoms with Crippen LogP contribution in [0.25, 0.3) is 0 Å². The number of Topliss-reactive ketones (excluding diaryl/α,β-unsaturated/α-hetero) is 1. The zero-order chi connectivity index (χ0) is 22.9. The average Bonchev–Trinajstić information content (AvgIpc) is 3.22. The highest BCUT2D eigenvalue weighted by atomic mass is 35.5. The lowest BCUT2D eigenvalue weighted by Gasteiger charge is -2.27. The molecule has 0 atom stereocenters. The maximum absolute atomic E-state index is 13.5. The molecule has 0 aromatic heterocycles. The molecule has 0 saturated carbocycles. The minimum Gasteiger partial charge on any atom is -0.310 e.